The van der Waals surface area contributed by atoms with E-state index in [1.54, 1.807) is 18.2 Å². The predicted molar refractivity (Wildman–Crippen MR) is 142 cm³/mol. The van der Waals surface area contributed by atoms with Crippen molar-refractivity contribution >= 4 is 17.6 Å². The molecular formula is C29H40N2O5. The minimum atomic E-state index is -0.121. The van der Waals surface area contributed by atoms with Crippen molar-refractivity contribution in [2.75, 3.05) is 38.7 Å². The molecule has 0 bridgehead atoms. The smallest absolute Gasteiger partial charge is 0.305 e. The maximum atomic E-state index is 12.5. The number of carbonyl (C=O) groups excluding carboxylic acids is 2. The van der Waals surface area contributed by atoms with Crippen LogP contribution in [-0.4, -0.2) is 45.3 Å². The Balaban J connectivity index is 1.37. The summed E-state index contributed by atoms with van der Waals surface area (Å²) in [6, 6.07) is 13.9. The van der Waals surface area contributed by atoms with Gasteiger partial charge in [0.05, 0.1) is 20.3 Å². The normalized spacial score (nSPS) is 17.2. The molecule has 7 heteroatoms. The van der Waals surface area contributed by atoms with Crippen LogP contribution in [0, 0.1) is 5.92 Å². The van der Waals surface area contributed by atoms with Gasteiger partial charge in [0.1, 0.15) is 0 Å². The molecule has 0 atom stereocenters. The van der Waals surface area contributed by atoms with Gasteiger partial charge in [-0.25, -0.2) is 0 Å². The number of hydrogen-bond acceptors (Lipinski definition) is 6. The van der Waals surface area contributed by atoms with Crippen LogP contribution in [-0.2, 0) is 9.53 Å². The van der Waals surface area contributed by atoms with Gasteiger partial charge in [0.2, 0.25) is 0 Å². The van der Waals surface area contributed by atoms with E-state index in [1.165, 1.54) is 12.7 Å². The van der Waals surface area contributed by atoms with Crippen molar-refractivity contribution in [1.82, 2.24) is 5.32 Å². The van der Waals surface area contributed by atoms with Crippen molar-refractivity contribution in [3.05, 3.63) is 53.6 Å². The molecule has 0 saturated heterocycles. The summed E-state index contributed by atoms with van der Waals surface area (Å²) in [6.07, 6.45) is 5.75. The number of carbonyl (C=O) groups is 2. The first-order valence-electron chi connectivity index (χ1n) is 13.1. The molecule has 0 spiro atoms. The number of methoxy groups -OCH3 is 1. The molecule has 1 amide bonds. The third kappa shape index (κ3) is 8.18. The highest BCUT2D eigenvalue weighted by Gasteiger charge is 2.24. The van der Waals surface area contributed by atoms with Crippen LogP contribution in [0.2, 0.25) is 0 Å². The van der Waals surface area contributed by atoms with E-state index in [2.05, 4.69) is 34.9 Å². The molecule has 0 aromatic heterocycles. The molecule has 0 unspecified atom stereocenters. The minimum Gasteiger partial charge on any atom is -0.490 e. The number of rotatable bonds is 13. The van der Waals surface area contributed by atoms with E-state index in [0.29, 0.717) is 55.1 Å². The second kappa shape index (κ2) is 14.4. The van der Waals surface area contributed by atoms with Gasteiger partial charge in [-0.05, 0) is 93.7 Å². The first kappa shape index (κ1) is 27.4. The standard InChI is InChI=1S/C29H40N2O5/c1-4-35-26-16-13-24(20-27(26)36-5-2)29(33)31-18-6-17-30-25-14-11-23(12-15-25)22-9-7-21(8-10-22)19-28(32)34-3/h11-16,20-22,30H,4-10,17-19H2,1-3H3,(H,31,33). The summed E-state index contributed by atoms with van der Waals surface area (Å²) in [5.41, 5.74) is 3.01. The fourth-order valence-electron chi connectivity index (χ4n) is 4.71. The first-order chi connectivity index (χ1) is 17.5. The Hall–Kier alpha value is -3.22. The van der Waals surface area contributed by atoms with Gasteiger partial charge in [-0.2, -0.15) is 0 Å². The highest BCUT2D eigenvalue weighted by molar-refractivity contribution is 5.94. The summed E-state index contributed by atoms with van der Waals surface area (Å²) < 4.78 is 16.0. The Kier molecular flexibility index (Phi) is 10.9. The number of benzene rings is 2. The average Bonchev–Trinajstić information content (AvgIpc) is 2.90. The number of nitrogens with one attached hydrogen (secondary N) is 2. The van der Waals surface area contributed by atoms with E-state index >= 15 is 0 Å². The SMILES string of the molecule is CCOc1ccc(C(=O)NCCCNc2ccc(C3CCC(CC(=O)OC)CC3)cc2)cc1OCC. The lowest BCUT2D eigenvalue weighted by atomic mass is 9.77. The Morgan fingerprint density at radius 2 is 1.58 bits per heavy atom. The van der Waals surface area contributed by atoms with E-state index in [0.717, 1.165) is 44.3 Å². The van der Waals surface area contributed by atoms with E-state index in [4.69, 9.17) is 14.2 Å². The van der Waals surface area contributed by atoms with Gasteiger partial charge in [0.25, 0.3) is 5.91 Å². The van der Waals surface area contributed by atoms with E-state index in [9.17, 15) is 9.59 Å². The Morgan fingerprint density at radius 1 is 0.889 bits per heavy atom. The zero-order chi connectivity index (χ0) is 25.8. The van der Waals surface area contributed by atoms with Gasteiger partial charge in [-0.1, -0.05) is 12.1 Å². The Morgan fingerprint density at radius 3 is 2.25 bits per heavy atom. The Bertz CT molecular complexity index is 968. The van der Waals surface area contributed by atoms with Crippen LogP contribution in [0.3, 0.4) is 0 Å². The molecule has 36 heavy (non-hydrogen) atoms. The summed E-state index contributed by atoms with van der Waals surface area (Å²) in [5, 5.41) is 6.40. The Labute approximate surface area is 214 Å². The molecule has 7 nitrogen and oxygen atoms in total. The molecule has 2 aromatic rings. The molecule has 1 aliphatic rings. The van der Waals surface area contributed by atoms with E-state index in [-0.39, 0.29) is 11.9 Å². The lowest BCUT2D eigenvalue weighted by Crippen LogP contribution is -2.25. The van der Waals surface area contributed by atoms with Crippen molar-refractivity contribution in [3.8, 4) is 11.5 Å². The highest BCUT2D eigenvalue weighted by Crippen LogP contribution is 2.37. The summed E-state index contributed by atoms with van der Waals surface area (Å²) in [6.45, 7) is 6.22. The highest BCUT2D eigenvalue weighted by atomic mass is 16.5. The van der Waals surface area contributed by atoms with Crippen molar-refractivity contribution in [3.63, 3.8) is 0 Å². The van der Waals surface area contributed by atoms with Gasteiger partial charge in [-0.15, -0.1) is 0 Å². The van der Waals surface area contributed by atoms with E-state index < -0.39 is 0 Å². The quantitative estimate of drug-likeness (QED) is 0.279. The number of esters is 1. The fraction of sp³-hybridized carbons (Fsp3) is 0.517. The molecule has 0 aliphatic heterocycles. The second-order valence-electron chi connectivity index (χ2n) is 9.18. The van der Waals surface area contributed by atoms with Crippen molar-refractivity contribution in [2.45, 2.75) is 58.3 Å². The van der Waals surface area contributed by atoms with Gasteiger partial charge in [0, 0.05) is 30.8 Å². The number of amides is 1. The van der Waals surface area contributed by atoms with Gasteiger partial charge in [0.15, 0.2) is 11.5 Å². The van der Waals surface area contributed by atoms with E-state index in [1.807, 2.05) is 13.8 Å². The lowest BCUT2D eigenvalue weighted by molar-refractivity contribution is -0.142. The predicted octanol–water partition coefficient (Wildman–Crippen LogP) is 5.55. The summed E-state index contributed by atoms with van der Waals surface area (Å²) in [5.74, 6) is 2.04. The van der Waals surface area contributed by atoms with Crippen LogP contribution in [0.1, 0.15) is 74.2 Å². The van der Waals surface area contributed by atoms with Gasteiger partial charge < -0.3 is 24.8 Å². The second-order valence-corrected chi connectivity index (χ2v) is 9.18. The van der Waals surface area contributed by atoms with Gasteiger partial charge in [-0.3, -0.25) is 9.59 Å². The fourth-order valence-corrected chi connectivity index (χ4v) is 4.71. The molecule has 0 radical (unpaired) electrons. The van der Waals surface area contributed by atoms with Crippen molar-refractivity contribution in [1.29, 1.82) is 0 Å². The molecule has 1 saturated carbocycles. The molecule has 3 rings (SSSR count). The van der Waals surface area contributed by atoms with Crippen LogP contribution in [0.5, 0.6) is 11.5 Å². The maximum absolute atomic E-state index is 12.5. The van der Waals surface area contributed by atoms with Crippen molar-refractivity contribution < 1.29 is 23.8 Å². The molecular weight excluding hydrogens is 456 g/mol. The third-order valence-electron chi connectivity index (χ3n) is 6.69. The molecule has 1 aliphatic carbocycles. The zero-order valence-corrected chi connectivity index (χ0v) is 21.8. The maximum Gasteiger partial charge on any atom is 0.305 e. The molecule has 0 heterocycles. The first-order valence-corrected chi connectivity index (χ1v) is 13.1. The van der Waals surface area contributed by atoms with Crippen LogP contribution >= 0.6 is 0 Å². The van der Waals surface area contributed by atoms with Crippen molar-refractivity contribution in [2.24, 2.45) is 5.92 Å². The molecule has 2 aromatic carbocycles. The topological polar surface area (TPSA) is 85.9 Å². The molecule has 1 fully saturated rings. The summed E-state index contributed by atoms with van der Waals surface area (Å²) in [7, 11) is 1.46. The lowest BCUT2D eigenvalue weighted by Gasteiger charge is -2.28. The van der Waals surface area contributed by atoms with Crippen LogP contribution in [0.4, 0.5) is 5.69 Å². The zero-order valence-electron chi connectivity index (χ0n) is 21.8. The van der Waals surface area contributed by atoms with Crippen LogP contribution in [0.15, 0.2) is 42.5 Å². The third-order valence-corrected chi connectivity index (χ3v) is 6.69. The monoisotopic (exact) mass is 496 g/mol. The summed E-state index contributed by atoms with van der Waals surface area (Å²) in [4.78, 5) is 24.0. The van der Waals surface area contributed by atoms with Crippen LogP contribution in [0.25, 0.3) is 0 Å². The number of anilines is 1. The largest absolute Gasteiger partial charge is 0.490 e. The molecule has 196 valence electrons. The summed E-state index contributed by atoms with van der Waals surface area (Å²) >= 11 is 0. The number of ether oxygens (including phenoxy) is 3. The van der Waals surface area contributed by atoms with Crippen LogP contribution < -0.4 is 20.1 Å². The molecule has 2 N–H and O–H groups in total. The number of hydrogen-bond donors (Lipinski definition) is 2. The minimum absolute atomic E-state index is 0.0969. The van der Waals surface area contributed by atoms with Gasteiger partial charge >= 0.3 is 5.97 Å². The average molecular weight is 497 g/mol.